The molecule has 26 heavy (non-hydrogen) atoms. The van der Waals surface area contributed by atoms with Crippen LogP contribution < -0.4 is 10.1 Å². The number of ether oxygens (including phenoxy) is 1. The minimum absolute atomic E-state index is 0.248. The van der Waals surface area contributed by atoms with Gasteiger partial charge in [-0.3, -0.25) is 4.79 Å². The van der Waals surface area contributed by atoms with Crippen LogP contribution in [0.1, 0.15) is 21.5 Å². The van der Waals surface area contributed by atoms with Crippen LogP contribution in [-0.4, -0.2) is 5.91 Å². The van der Waals surface area contributed by atoms with Crippen molar-refractivity contribution in [3.05, 3.63) is 93.5 Å². The summed E-state index contributed by atoms with van der Waals surface area (Å²) in [5, 5.41) is 4.17. The zero-order chi connectivity index (χ0) is 18.5. The molecule has 0 radical (unpaired) electrons. The lowest BCUT2D eigenvalue weighted by Crippen LogP contribution is -2.14. The highest BCUT2D eigenvalue weighted by molar-refractivity contribution is 6.32. The predicted molar refractivity (Wildman–Crippen MR) is 106 cm³/mol. The minimum atomic E-state index is -0.248. The van der Waals surface area contributed by atoms with Crippen molar-refractivity contribution in [1.82, 2.24) is 0 Å². The minimum Gasteiger partial charge on any atom is -0.488 e. The Morgan fingerprint density at radius 2 is 1.69 bits per heavy atom. The summed E-state index contributed by atoms with van der Waals surface area (Å²) in [5.74, 6) is 0.265. The second kappa shape index (κ2) is 8.26. The van der Waals surface area contributed by atoms with E-state index in [0.29, 0.717) is 33.7 Å². The van der Waals surface area contributed by atoms with Crippen molar-refractivity contribution in [2.45, 2.75) is 13.5 Å². The first-order valence-corrected chi connectivity index (χ1v) is 8.83. The molecule has 0 aliphatic rings. The van der Waals surface area contributed by atoms with E-state index in [-0.39, 0.29) is 5.91 Å². The Kier molecular flexibility index (Phi) is 5.82. The lowest BCUT2D eigenvalue weighted by molar-refractivity contribution is 0.102. The van der Waals surface area contributed by atoms with E-state index in [4.69, 9.17) is 27.9 Å². The number of hydrogen-bond donors (Lipinski definition) is 1. The van der Waals surface area contributed by atoms with E-state index in [1.807, 2.05) is 31.2 Å². The van der Waals surface area contributed by atoms with Gasteiger partial charge >= 0.3 is 0 Å². The maximum absolute atomic E-state index is 12.7. The summed E-state index contributed by atoms with van der Waals surface area (Å²) in [7, 11) is 0. The second-order valence-electron chi connectivity index (χ2n) is 5.78. The fourth-order valence-electron chi connectivity index (χ4n) is 2.45. The number of benzene rings is 3. The molecule has 3 nitrogen and oxygen atoms in total. The van der Waals surface area contributed by atoms with Crippen LogP contribution in [0.15, 0.2) is 66.7 Å². The molecule has 0 spiro atoms. The molecule has 3 aromatic carbocycles. The number of amides is 1. The van der Waals surface area contributed by atoms with E-state index in [2.05, 4.69) is 5.32 Å². The van der Waals surface area contributed by atoms with Gasteiger partial charge in [0.15, 0.2) is 0 Å². The average Bonchev–Trinajstić information content (AvgIpc) is 2.65. The number of carbonyl (C=O) groups is 1. The van der Waals surface area contributed by atoms with Crippen LogP contribution in [0.4, 0.5) is 5.69 Å². The highest BCUT2D eigenvalue weighted by Gasteiger charge is 2.14. The molecule has 0 atom stereocenters. The molecule has 0 heterocycles. The standard InChI is InChI=1S/C21H17Cl2NO2/c1-14-18(23)6-4-7-19(14)24-21(25)17-5-2-3-8-20(17)26-13-15-9-11-16(22)12-10-15/h2-12H,13H2,1H3,(H,24,25). The van der Waals surface area contributed by atoms with Crippen LogP contribution in [-0.2, 0) is 6.61 Å². The largest absolute Gasteiger partial charge is 0.488 e. The molecule has 0 bridgehead atoms. The number of anilines is 1. The molecule has 0 aromatic heterocycles. The van der Waals surface area contributed by atoms with E-state index in [1.54, 1.807) is 42.5 Å². The summed E-state index contributed by atoms with van der Waals surface area (Å²) in [6.45, 7) is 2.21. The summed E-state index contributed by atoms with van der Waals surface area (Å²) in [6.07, 6.45) is 0. The first-order chi connectivity index (χ1) is 12.5. The lowest BCUT2D eigenvalue weighted by Gasteiger charge is -2.13. The molecule has 3 rings (SSSR count). The summed E-state index contributed by atoms with van der Waals surface area (Å²) in [5.41, 5.74) is 2.92. The van der Waals surface area contributed by atoms with Gasteiger partial charge in [-0.1, -0.05) is 53.5 Å². The van der Waals surface area contributed by atoms with E-state index >= 15 is 0 Å². The third kappa shape index (κ3) is 4.37. The summed E-state index contributed by atoms with van der Waals surface area (Å²) < 4.78 is 5.85. The normalized spacial score (nSPS) is 10.4. The number of halogens is 2. The van der Waals surface area contributed by atoms with Crippen molar-refractivity contribution >= 4 is 34.8 Å². The maximum Gasteiger partial charge on any atom is 0.259 e. The van der Waals surface area contributed by atoms with Crippen molar-refractivity contribution in [2.75, 3.05) is 5.32 Å². The predicted octanol–water partition coefficient (Wildman–Crippen LogP) is 6.13. The Labute approximate surface area is 162 Å². The fourth-order valence-corrected chi connectivity index (χ4v) is 2.75. The van der Waals surface area contributed by atoms with Crippen molar-refractivity contribution in [1.29, 1.82) is 0 Å². The van der Waals surface area contributed by atoms with Gasteiger partial charge in [-0.05, 0) is 54.4 Å². The maximum atomic E-state index is 12.7. The van der Waals surface area contributed by atoms with Crippen LogP contribution in [0.3, 0.4) is 0 Å². The van der Waals surface area contributed by atoms with Crippen molar-refractivity contribution in [3.63, 3.8) is 0 Å². The monoisotopic (exact) mass is 385 g/mol. The summed E-state index contributed by atoms with van der Waals surface area (Å²) in [4.78, 5) is 12.7. The van der Waals surface area contributed by atoms with Crippen LogP contribution in [0.25, 0.3) is 0 Å². The highest BCUT2D eigenvalue weighted by atomic mass is 35.5. The van der Waals surface area contributed by atoms with Crippen LogP contribution in [0.5, 0.6) is 5.75 Å². The number of nitrogens with one attached hydrogen (secondary N) is 1. The number of hydrogen-bond acceptors (Lipinski definition) is 2. The van der Waals surface area contributed by atoms with E-state index in [1.165, 1.54) is 0 Å². The highest BCUT2D eigenvalue weighted by Crippen LogP contribution is 2.25. The Morgan fingerprint density at radius 3 is 2.46 bits per heavy atom. The molecule has 0 aliphatic heterocycles. The Morgan fingerprint density at radius 1 is 0.962 bits per heavy atom. The van der Waals surface area contributed by atoms with Gasteiger partial charge < -0.3 is 10.1 Å². The van der Waals surface area contributed by atoms with E-state index < -0.39 is 0 Å². The first kappa shape index (κ1) is 18.3. The molecule has 0 aliphatic carbocycles. The molecule has 0 saturated heterocycles. The van der Waals surface area contributed by atoms with Gasteiger partial charge in [-0.2, -0.15) is 0 Å². The van der Waals surface area contributed by atoms with E-state index in [0.717, 1.165) is 11.1 Å². The Balaban J connectivity index is 1.76. The fraction of sp³-hybridized carbons (Fsp3) is 0.0952. The van der Waals surface area contributed by atoms with Crippen LogP contribution in [0, 0.1) is 6.92 Å². The SMILES string of the molecule is Cc1c(Cl)cccc1NC(=O)c1ccccc1OCc1ccc(Cl)cc1. The number of para-hydroxylation sites is 1. The quantitative estimate of drug-likeness (QED) is 0.573. The number of rotatable bonds is 5. The third-order valence-electron chi connectivity index (χ3n) is 3.96. The molecule has 0 fully saturated rings. The topological polar surface area (TPSA) is 38.3 Å². The molecule has 3 aromatic rings. The van der Waals surface area contributed by atoms with Crippen molar-refractivity contribution < 1.29 is 9.53 Å². The van der Waals surface area contributed by atoms with Crippen LogP contribution >= 0.6 is 23.2 Å². The van der Waals surface area contributed by atoms with Crippen molar-refractivity contribution in [2.24, 2.45) is 0 Å². The number of carbonyl (C=O) groups excluding carboxylic acids is 1. The molecular weight excluding hydrogens is 369 g/mol. The molecule has 5 heteroatoms. The average molecular weight is 386 g/mol. The van der Waals surface area contributed by atoms with Gasteiger partial charge in [0.2, 0.25) is 0 Å². The Bertz CT molecular complexity index is 924. The summed E-state index contributed by atoms with van der Waals surface area (Å²) in [6, 6.07) is 19.9. The zero-order valence-electron chi connectivity index (χ0n) is 14.1. The first-order valence-electron chi connectivity index (χ1n) is 8.07. The molecular formula is C21H17Cl2NO2. The molecule has 1 N–H and O–H groups in total. The zero-order valence-corrected chi connectivity index (χ0v) is 15.6. The third-order valence-corrected chi connectivity index (χ3v) is 4.62. The van der Waals surface area contributed by atoms with Gasteiger partial charge in [0.1, 0.15) is 12.4 Å². The molecule has 132 valence electrons. The molecule has 0 saturated carbocycles. The van der Waals surface area contributed by atoms with Crippen molar-refractivity contribution in [3.8, 4) is 5.75 Å². The lowest BCUT2D eigenvalue weighted by atomic mass is 10.1. The van der Waals surface area contributed by atoms with Gasteiger partial charge in [0.05, 0.1) is 5.56 Å². The summed E-state index contributed by atoms with van der Waals surface area (Å²) >= 11 is 12.0. The van der Waals surface area contributed by atoms with Gasteiger partial charge in [-0.25, -0.2) is 0 Å². The van der Waals surface area contributed by atoms with E-state index in [9.17, 15) is 4.79 Å². The van der Waals surface area contributed by atoms with Gasteiger partial charge in [0, 0.05) is 15.7 Å². The smallest absolute Gasteiger partial charge is 0.259 e. The van der Waals surface area contributed by atoms with Gasteiger partial charge in [0.25, 0.3) is 5.91 Å². The molecule has 0 unspecified atom stereocenters. The Hall–Kier alpha value is -2.49. The molecule has 1 amide bonds. The van der Waals surface area contributed by atoms with Gasteiger partial charge in [-0.15, -0.1) is 0 Å². The second-order valence-corrected chi connectivity index (χ2v) is 6.62. The van der Waals surface area contributed by atoms with Crippen LogP contribution in [0.2, 0.25) is 10.0 Å².